The van der Waals surface area contributed by atoms with Crippen molar-refractivity contribution < 1.29 is 42.4 Å². The number of carbonyl (C=O) groups is 1. The lowest BCUT2D eigenvalue weighted by molar-refractivity contribution is -0.272. The van der Waals surface area contributed by atoms with Gasteiger partial charge in [-0.2, -0.15) is 13.2 Å². The number of β-amino-alcohol motifs (C(OH)–C–C–N with tert-alkyl or cyclic N) is 1. The summed E-state index contributed by atoms with van der Waals surface area (Å²) in [5.41, 5.74) is -1.41. The van der Waals surface area contributed by atoms with Gasteiger partial charge in [-0.15, -0.1) is 0 Å². The molecule has 5 rings (SSSR count). The second kappa shape index (κ2) is 13.3. The lowest BCUT2D eigenvalue weighted by Crippen LogP contribution is -2.53. The van der Waals surface area contributed by atoms with Gasteiger partial charge in [-0.3, -0.25) is 9.69 Å². The first-order valence-corrected chi connectivity index (χ1v) is 14.6. The normalized spacial score (nSPS) is 15.7. The molecule has 0 bridgehead atoms. The van der Waals surface area contributed by atoms with E-state index < -0.39 is 24.3 Å². The number of carboxylic acid groups (broad SMARTS) is 1. The maximum atomic E-state index is 14.9. The van der Waals surface area contributed by atoms with Crippen molar-refractivity contribution in [1.82, 2.24) is 9.47 Å². The molecule has 1 saturated heterocycles. The van der Waals surface area contributed by atoms with Crippen molar-refractivity contribution in [2.45, 2.75) is 43.7 Å². The van der Waals surface area contributed by atoms with Crippen molar-refractivity contribution in [1.29, 1.82) is 0 Å². The molecular formula is C34H34F3N3O6. The van der Waals surface area contributed by atoms with Gasteiger partial charge >= 0.3 is 12.1 Å². The van der Waals surface area contributed by atoms with Gasteiger partial charge in [0.2, 0.25) is 5.60 Å². The van der Waals surface area contributed by atoms with Crippen molar-refractivity contribution in [2.75, 3.05) is 33.9 Å². The van der Waals surface area contributed by atoms with Crippen molar-refractivity contribution in [2.24, 2.45) is 0 Å². The number of fused-ring (bicyclic) bond motifs is 1. The number of aliphatic hydroxyl groups is 1. The van der Waals surface area contributed by atoms with E-state index in [2.05, 4.69) is 4.85 Å². The summed E-state index contributed by atoms with van der Waals surface area (Å²) in [5.74, 6) is 0.465. The van der Waals surface area contributed by atoms with Crippen LogP contribution >= 0.6 is 0 Å². The van der Waals surface area contributed by atoms with Crippen molar-refractivity contribution >= 4 is 22.6 Å². The average molecular weight is 638 g/mol. The number of alkyl halides is 3. The number of rotatable bonds is 11. The van der Waals surface area contributed by atoms with Crippen LogP contribution in [0.5, 0.6) is 17.2 Å². The van der Waals surface area contributed by atoms with E-state index in [9.17, 15) is 23.1 Å². The van der Waals surface area contributed by atoms with Crippen LogP contribution in [0.3, 0.4) is 0 Å². The van der Waals surface area contributed by atoms with Gasteiger partial charge in [0.25, 0.3) is 0 Å². The molecule has 12 heteroatoms. The molecule has 1 unspecified atom stereocenters. The summed E-state index contributed by atoms with van der Waals surface area (Å²) in [6.45, 7) is 7.46. The fourth-order valence-corrected chi connectivity index (χ4v) is 5.85. The zero-order chi connectivity index (χ0) is 33.1. The predicted molar refractivity (Wildman–Crippen MR) is 165 cm³/mol. The van der Waals surface area contributed by atoms with E-state index in [1.54, 1.807) is 46.9 Å². The third kappa shape index (κ3) is 6.90. The van der Waals surface area contributed by atoms with Crippen molar-refractivity contribution in [3.05, 3.63) is 95.0 Å². The maximum absolute atomic E-state index is 14.9. The van der Waals surface area contributed by atoms with Crippen LogP contribution in [0.15, 0.2) is 66.9 Å². The van der Waals surface area contributed by atoms with Gasteiger partial charge in [-0.1, -0.05) is 30.3 Å². The number of methoxy groups -OCH3 is 2. The lowest BCUT2D eigenvalue weighted by atomic mass is 9.91. The summed E-state index contributed by atoms with van der Waals surface area (Å²) in [6, 6.07) is 16.5. The molecule has 1 atom stereocenters. The molecule has 3 aromatic carbocycles. The van der Waals surface area contributed by atoms with Crippen molar-refractivity contribution in [3.63, 3.8) is 0 Å². The van der Waals surface area contributed by atoms with Crippen LogP contribution in [0.4, 0.5) is 18.9 Å². The van der Waals surface area contributed by atoms with Gasteiger partial charge < -0.3 is 29.0 Å². The molecule has 0 aliphatic carbocycles. The highest BCUT2D eigenvalue weighted by Gasteiger charge is 2.57. The molecule has 4 aromatic rings. The van der Waals surface area contributed by atoms with Gasteiger partial charge in [0, 0.05) is 48.8 Å². The first kappa shape index (κ1) is 32.7. The third-order valence-electron chi connectivity index (χ3n) is 8.29. The first-order chi connectivity index (χ1) is 21.9. The molecule has 1 fully saturated rings. The number of ether oxygens (including phenoxy) is 3. The van der Waals surface area contributed by atoms with Gasteiger partial charge in [-0.05, 0) is 54.3 Å². The number of benzene rings is 3. The van der Waals surface area contributed by atoms with Crippen molar-refractivity contribution in [3.8, 4) is 17.2 Å². The first-order valence-electron chi connectivity index (χ1n) is 14.6. The van der Waals surface area contributed by atoms with E-state index >= 15 is 0 Å². The predicted octanol–water partition coefficient (Wildman–Crippen LogP) is 6.18. The molecule has 0 saturated carbocycles. The summed E-state index contributed by atoms with van der Waals surface area (Å²) < 4.78 is 62.9. The number of halogens is 3. The SMILES string of the molecule is [C-]#[N+]c1ccc2c(C(O)(CN3CCC(Oc4ccc(CC(=O)O)cc4OC)CC3)C(F)(F)F)cn(Cc3ccc(OC)cc3)c2c1. The molecular weight excluding hydrogens is 603 g/mol. The zero-order valence-electron chi connectivity index (χ0n) is 25.4. The van der Waals surface area contributed by atoms with Crippen LogP contribution in [0.2, 0.25) is 0 Å². The van der Waals surface area contributed by atoms with Crippen LogP contribution in [-0.4, -0.2) is 71.8 Å². The highest BCUT2D eigenvalue weighted by molar-refractivity contribution is 5.88. The number of piperidine rings is 1. The molecule has 242 valence electrons. The van der Waals surface area contributed by atoms with Crippen LogP contribution in [-0.2, 0) is 23.4 Å². The molecule has 1 aromatic heterocycles. The van der Waals surface area contributed by atoms with E-state index in [4.69, 9.17) is 25.9 Å². The molecule has 1 aliphatic rings. The van der Waals surface area contributed by atoms with E-state index in [0.29, 0.717) is 41.2 Å². The van der Waals surface area contributed by atoms with E-state index in [-0.39, 0.29) is 48.8 Å². The monoisotopic (exact) mass is 637 g/mol. The summed E-state index contributed by atoms with van der Waals surface area (Å²) >= 11 is 0. The molecule has 46 heavy (non-hydrogen) atoms. The Hall–Kier alpha value is -4.73. The summed E-state index contributed by atoms with van der Waals surface area (Å²) in [7, 11) is 2.99. The van der Waals surface area contributed by atoms with Crippen LogP contribution in [0, 0.1) is 6.57 Å². The Kier molecular flexibility index (Phi) is 9.46. The number of aromatic nitrogens is 1. The quantitative estimate of drug-likeness (QED) is 0.190. The van der Waals surface area contributed by atoms with Crippen LogP contribution in [0.25, 0.3) is 15.7 Å². The molecule has 2 N–H and O–H groups in total. The second-order valence-corrected chi connectivity index (χ2v) is 11.3. The molecule has 0 radical (unpaired) electrons. The van der Waals surface area contributed by atoms with E-state index in [1.165, 1.54) is 31.5 Å². The summed E-state index contributed by atoms with van der Waals surface area (Å²) in [4.78, 5) is 16.1. The van der Waals surface area contributed by atoms with E-state index in [0.717, 1.165) is 5.56 Å². The number of aliphatic carboxylic acids is 1. The number of hydrogen-bond acceptors (Lipinski definition) is 6. The topological polar surface area (TPSA) is 97.8 Å². The Balaban J connectivity index is 1.37. The molecule has 9 nitrogen and oxygen atoms in total. The van der Waals surface area contributed by atoms with E-state index in [1.807, 2.05) is 12.1 Å². The van der Waals surface area contributed by atoms with Crippen LogP contribution < -0.4 is 14.2 Å². The molecule has 2 heterocycles. The van der Waals surface area contributed by atoms with Gasteiger partial charge in [-0.25, -0.2) is 4.85 Å². The standard InChI is InChI=1S/C34H34F3N3O6/c1-38-24-7-10-27-28(20-40(29(27)18-24)19-22-4-8-25(44-2)9-5-22)33(43,34(35,36)37)21-39-14-12-26(13-15-39)46-30-11-6-23(17-32(41)42)16-31(30)45-3/h4-11,16,18,20,26,43H,12-15,17,19,21H2,2-3H3,(H,41,42). The van der Waals surface area contributed by atoms with Gasteiger partial charge in [0.05, 0.1) is 27.2 Å². The number of nitrogens with zero attached hydrogens (tertiary/aromatic N) is 3. The average Bonchev–Trinajstić information content (AvgIpc) is 3.40. The molecule has 1 aliphatic heterocycles. The number of likely N-dealkylation sites (tertiary alicyclic amines) is 1. The largest absolute Gasteiger partial charge is 0.497 e. The third-order valence-corrected chi connectivity index (χ3v) is 8.29. The van der Waals surface area contributed by atoms with Crippen LogP contribution in [0.1, 0.15) is 29.5 Å². The zero-order valence-corrected chi connectivity index (χ0v) is 25.4. The lowest BCUT2D eigenvalue weighted by Gasteiger charge is -2.39. The summed E-state index contributed by atoms with van der Waals surface area (Å²) in [5, 5.41) is 20.8. The highest BCUT2D eigenvalue weighted by atomic mass is 19.4. The Bertz CT molecular complexity index is 1740. The molecule has 0 amide bonds. The fraction of sp³-hybridized carbons (Fsp3) is 0.353. The van der Waals surface area contributed by atoms with Gasteiger partial charge in [0.15, 0.2) is 17.2 Å². The highest BCUT2D eigenvalue weighted by Crippen LogP contribution is 2.44. The second-order valence-electron chi connectivity index (χ2n) is 11.3. The Morgan fingerprint density at radius 3 is 2.28 bits per heavy atom. The Labute approximate surface area is 264 Å². The minimum atomic E-state index is -5.00. The minimum absolute atomic E-state index is 0.169. The maximum Gasteiger partial charge on any atom is 0.422 e. The molecule has 0 spiro atoms. The summed E-state index contributed by atoms with van der Waals surface area (Å²) in [6.07, 6.45) is -3.33. The Morgan fingerprint density at radius 1 is 0.978 bits per heavy atom. The van der Waals surface area contributed by atoms with Gasteiger partial charge in [0.1, 0.15) is 11.9 Å². The Morgan fingerprint density at radius 2 is 1.67 bits per heavy atom. The fourth-order valence-electron chi connectivity index (χ4n) is 5.85. The number of carboxylic acids is 1. The smallest absolute Gasteiger partial charge is 0.422 e. The minimum Gasteiger partial charge on any atom is -0.497 e. The number of hydrogen-bond donors (Lipinski definition) is 2.